The molecular weight excluding hydrogens is 300 g/mol. The third kappa shape index (κ3) is 3.46. The number of anilines is 1. The summed E-state index contributed by atoms with van der Waals surface area (Å²) in [5.41, 5.74) is 4.44. The Morgan fingerprint density at radius 3 is 2.75 bits per heavy atom. The van der Waals surface area contributed by atoms with Crippen molar-refractivity contribution < 1.29 is 4.79 Å². The number of carbonyl (C=O) groups excluding carboxylic acids is 1. The lowest BCUT2D eigenvalue weighted by Crippen LogP contribution is -2.15. The number of pyridine rings is 1. The van der Waals surface area contributed by atoms with Gasteiger partial charge in [-0.2, -0.15) is 0 Å². The van der Waals surface area contributed by atoms with Gasteiger partial charge < -0.3 is 5.32 Å². The van der Waals surface area contributed by atoms with Crippen LogP contribution >= 0.6 is 0 Å². The normalized spacial score (nSPS) is 10.4. The molecular formula is C19H18N4O. The quantitative estimate of drug-likeness (QED) is 0.797. The molecule has 24 heavy (non-hydrogen) atoms. The minimum absolute atomic E-state index is 0.229. The van der Waals surface area contributed by atoms with Crippen molar-refractivity contribution in [2.45, 2.75) is 20.3 Å². The highest BCUT2D eigenvalue weighted by atomic mass is 16.1. The van der Waals surface area contributed by atoms with Crippen LogP contribution in [0.1, 0.15) is 28.5 Å². The van der Waals surface area contributed by atoms with Gasteiger partial charge in [0.2, 0.25) is 0 Å². The molecule has 0 radical (unpaired) electrons. The van der Waals surface area contributed by atoms with Crippen molar-refractivity contribution >= 4 is 11.7 Å². The Morgan fingerprint density at radius 2 is 2.00 bits per heavy atom. The van der Waals surface area contributed by atoms with Gasteiger partial charge in [-0.25, -0.2) is 9.97 Å². The lowest BCUT2D eigenvalue weighted by atomic mass is 10.0. The second-order valence-corrected chi connectivity index (χ2v) is 5.46. The highest BCUT2D eigenvalue weighted by Crippen LogP contribution is 2.22. The number of aromatic nitrogens is 3. The Balaban J connectivity index is 1.92. The number of hydrogen-bond acceptors (Lipinski definition) is 4. The van der Waals surface area contributed by atoms with Gasteiger partial charge >= 0.3 is 0 Å². The molecule has 5 heteroatoms. The zero-order chi connectivity index (χ0) is 16.9. The lowest BCUT2D eigenvalue weighted by Gasteiger charge is -2.09. The summed E-state index contributed by atoms with van der Waals surface area (Å²) >= 11 is 0. The summed E-state index contributed by atoms with van der Waals surface area (Å²) < 4.78 is 0. The number of rotatable bonds is 4. The molecule has 0 atom stereocenters. The van der Waals surface area contributed by atoms with Crippen LogP contribution in [0, 0.1) is 6.92 Å². The van der Waals surface area contributed by atoms with E-state index < -0.39 is 0 Å². The van der Waals surface area contributed by atoms with Gasteiger partial charge in [0.25, 0.3) is 5.91 Å². The van der Waals surface area contributed by atoms with Crippen molar-refractivity contribution in [2.24, 2.45) is 0 Å². The van der Waals surface area contributed by atoms with Crippen LogP contribution in [0.3, 0.4) is 0 Å². The van der Waals surface area contributed by atoms with Gasteiger partial charge in [-0.3, -0.25) is 9.78 Å². The molecule has 5 nitrogen and oxygen atoms in total. The topological polar surface area (TPSA) is 67.8 Å². The molecule has 0 fully saturated rings. The predicted octanol–water partition coefficient (Wildman–Crippen LogP) is 3.66. The number of amides is 1. The first-order valence-electron chi connectivity index (χ1n) is 7.80. The molecule has 120 valence electrons. The fourth-order valence-corrected chi connectivity index (χ4v) is 2.44. The molecule has 2 heterocycles. The van der Waals surface area contributed by atoms with Crippen molar-refractivity contribution in [2.75, 3.05) is 5.32 Å². The molecule has 3 rings (SSSR count). The molecule has 2 aromatic heterocycles. The Kier molecular flexibility index (Phi) is 4.61. The van der Waals surface area contributed by atoms with Crippen LogP contribution in [-0.2, 0) is 6.42 Å². The highest BCUT2D eigenvalue weighted by Gasteiger charge is 2.13. The van der Waals surface area contributed by atoms with E-state index in [0.717, 1.165) is 17.5 Å². The van der Waals surface area contributed by atoms with Gasteiger partial charge in [0.1, 0.15) is 12.1 Å². The van der Waals surface area contributed by atoms with Crippen LogP contribution in [0.2, 0.25) is 0 Å². The van der Waals surface area contributed by atoms with Gasteiger partial charge in [0.15, 0.2) is 0 Å². The zero-order valence-corrected chi connectivity index (χ0v) is 13.7. The number of nitrogens with one attached hydrogen (secondary N) is 1. The fourth-order valence-electron chi connectivity index (χ4n) is 2.44. The van der Waals surface area contributed by atoms with E-state index in [0.29, 0.717) is 17.1 Å². The summed E-state index contributed by atoms with van der Waals surface area (Å²) in [5, 5.41) is 2.77. The maximum absolute atomic E-state index is 12.5. The number of carbonyl (C=O) groups is 1. The molecule has 0 spiro atoms. The third-order valence-electron chi connectivity index (χ3n) is 3.82. The first kappa shape index (κ1) is 15.8. The summed E-state index contributed by atoms with van der Waals surface area (Å²) in [5.74, 6) is 0.236. The van der Waals surface area contributed by atoms with E-state index in [1.165, 1.54) is 11.9 Å². The van der Waals surface area contributed by atoms with Gasteiger partial charge in [0.05, 0.1) is 11.3 Å². The van der Waals surface area contributed by atoms with Gasteiger partial charge in [0, 0.05) is 18.0 Å². The molecule has 0 bridgehead atoms. The molecule has 0 aliphatic carbocycles. The van der Waals surface area contributed by atoms with E-state index in [2.05, 4.69) is 39.3 Å². The third-order valence-corrected chi connectivity index (χ3v) is 3.82. The van der Waals surface area contributed by atoms with E-state index >= 15 is 0 Å². The Labute approximate surface area is 140 Å². The molecule has 0 saturated carbocycles. The lowest BCUT2D eigenvalue weighted by molar-refractivity contribution is 0.102. The van der Waals surface area contributed by atoms with Crippen molar-refractivity contribution in [3.63, 3.8) is 0 Å². The molecule has 3 aromatic rings. The van der Waals surface area contributed by atoms with E-state index in [4.69, 9.17) is 0 Å². The molecule has 1 aromatic carbocycles. The van der Waals surface area contributed by atoms with Crippen molar-refractivity contribution in [3.8, 4) is 11.1 Å². The van der Waals surface area contributed by atoms with Gasteiger partial charge in [-0.15, -0.1) is 0 Å². The molecule has 1 N–H and O–H groups in total. The number of hydrogen-bond donors (Lipinski definition) is 1. The summed E-state index contributed by atoms with van der Waals surface area (Å²) in [4.78, 5) is 24.8. The van der Waals surface area contributed by atoms with Crippen molar-refractivity contribution in [1.29, 1.82) is 0 Å². The molecule has 0 aliphatic rings. The maximum Gasteiger partial charge on any atom is 0.258 e. The van der Waals surface area contributed by atoms with E-state index in [1.807, 2.05) is 25.1 Å². The standard InChI is InChI=1S/C19H18N4O/c1-3-14-5-4-6-15(9-14)16-10-17(13(2)21-11-16)19(24)23-18-7-8-20-12-22-18/h4-12H,3H2,1-2H3,(H,20,22,23,24). The minimum atomic E-state index is -0.229. The summed E-state index contributed by atoms with van der Waals surface area (Å²) in [6.07, 6.45) is 5.74. The Morgan fingerprint density at radius 1 is 1.12 bits per heavy atom. The number of aryl methyl sites for hydroxylation is 2. The molecule has 0 unspecified atom stereocenters. The van der Waals surface area contributed by atoms with Crippen molar-refractivity contribution in [3.05, 3.63) is 71.9 Å². The van der Waals surface area contributed by atoms with Crippen LogP contribution in [0.4, 0.5) is 5.82 Å². The zero-order valence-electron chi connectivity index (χ0n) is 13.7. The largest absolute Gasteiger partial charge is 0.306 e. The first-order chi connectivity index (χ1) is 11.7. The molecule has 0 saturated heterocycles. The van der Waals surface area contributed by atoms with Gasteiger partial charge in [-0.1, -0.05) is 31.2 Å². The average molecular weight is 318 g/mol. The van der Waals surface area contributed by atoms with E-state index in [-0.39, 0.29) is 5.91 Å². The van der Waals surface area contributed by atoms with E-state index in [1.54, 1.807) is 18.5 Å². The Hall–Kier alpha value is -3.08. The highest BCUT2D eigenvalue weighted by molar-refractivity contribution is 6.05. The summed E-state index contributed by atoms with van der Waals surface area (Å²) in [6, 6.07) is 11.8. The second-order valence-electron chi connectivity index (χ2n) is 5.46. The van der Waals surface area contributed by atoms with Gasteiger partial charge in [-0.05, 0) is 36.6 Å². The SMILES string of the molecule is CCc1cccc(-c2cnc(C)c(C(=O)Nc3ccncn3)c2)c1. The molecule has 1 amide bonds. The number of nitrogens with zero attached hydrogens (tertiary/aromatic N) is 3. The Bertz CT molecular complexity index is 862. The van der Waals surface area contributed by atoms with Crippen LogP contribution in [0.25, 0.3) is 11.1 Å². The number of benzene rings is 1. The molecule has 0 aliphatic heterocycles. The van der Waals surface area contributed by atoms with Crippen LogP contribution in [0.15, 0.2) is 55.1 Å². The minimum Gasteiger partial charge on any atom is -0.306 e. The van der Waals surface area contributed by atoms with E-state index in [9.17, 15) is 4.79 Å². The van der Waals surface area contributed by atoms with Crippen LogP contribution in [-0.4, -0.2) is 20.9 Å². The fraction of sp³-hybridized carbons (Fsp3) is 0.158. The second kappa shape index (κ2) is 7.00. The first-order valence-corrected chi connectivity index (χ1v) is 7.80. The van der Waals surface area contributed by atoms with Crippen LogP contribution < -0.4 is 5.32 Å². The smallest absolute Gasteiger partial charge is 0.258 e. The van der Waals surface area contributed by atoms with Crippen molar-refractivity contribution in [1.82, 2.24) is 15.0 Å². The maximum atomic E-state index is 12.5. The monoisotopic (exact) mass is 318 g/mol. The predicted molar refractivity (Wildman–Crippen MR) is 93.8 cm³/mol. The summed E-state index contributed by atoms with van der Waals surface area (Å²) in [7, 11) is 0. The van der Waals surface area contributed by atoms with Crippen LogP contribution in [0.5, 0.6) is 0 Å². The summed E-state index contributed by atoms with van der Waals surface area (Å²) in [6.45, 7) is 3.94. The average Bonchev–Trinajstić information content (AvgIpc) is 2.63.